The molecule has 18 nitrogen and oxygen atoms in total. The fraction of sp³-hybridized carbons (Fsp3) is 0.600. The van der Waals surface area contributed by atoms with Crippen LogP contribution in [0.3, 0.4) is 0 Å². The summed E-state index contributed by atoms with van der Waals surface area (Å²) >= 11 is 0. The number of aldehydes is 1. The van der Waals surface area contributed by atoms with Crippen LogP contribution in [-0.4, -0.2) is 183 Å². The van der Waals surface area contributed by atoms with E-state index in [4.69, 9.17) is 0 Å². The average molecular weight is 814 g/mol. The van der Waals surface area contributed by atoms with Gasteiger partial charge in [0.1, 0.15) is 12.3 Å². The molecule has 2 amide bonds. The van der Waals surface area contributed by atoms with E-state index in [0.717, 1.165) is 42.0 Å². The normalized spacial score (nSPS) is 15.8. The molecule has 1 aromatic heterocycles. The lowest BCUT2D eigenvalue weighted by Gasteiger charge is -2.35. The minimum Gasteiger partial charge on any atom is -0.480 e. The number of pyridine rings is 1. The maximum Gasteiger partial charge on any atom is 0.320 e. The predicted molar refractivity (Wildman–Crippen MR) is 213 cm³/mol. The van der Waals surface area contributed by atoms with Crippen LogP contribution >= 0.6 is 0 Å². The lowest BCUT2D eigenvalue weighted by Crippen LogP contribution is -2.52. The molecule has 0 spiro atoms. The molecule has 2 aromatic rings. The minimum absolute atomic E-state index is 0.0340. The van der Waals surface area contributed by atoms with Gasteiger partial charge in [0.05, 0.1) is 31.9 Å². The largest absolute Gasteiger partial charge is 0.480 e. The Bertz CT molecular complexity index is 1620. The zero-order chi connectivity index (χ0) is 42.3. The Morgan fingerprint density at radius 2 is 1.31 bits per heavy atom. The first-order valence-electron chi connectivity index (χ1n) is 20.0. The Morgan fingerprint density at radius 1 is 0.724 bits per heavy atom. The Morgan fingerprint density at radius 3 is 1.88 bits per heavy atom. The van der Waals surface area contributed by atoms with E-state index in [-0.39, 0.29) is 110 Å². The third kappa shape index (κ3) is 18.0. The number of unbranched alkanes of at least 4 members (excludes halogenated alkanes) is 4. The molecule has 0 radical (unpaired) electrons. The summed E-state index contributed by atoms with van der Waals surface area (Å²) in [6.07, 6.45) is 6.59. The Balaban J connectivity index is 1.56. The van der Waals surface area contributed by atoms with E-state index in [2.05, 4.69) is 10.3 Å². The number of benzene rings is 1. The molecule has 0 aliphatic carbocycles. The van der Waals surface area contributed by atoms with Crippen LogP contribution in [0.1, 0.15) is 63.5 Å². The van der Waals surface area contributed by atoms with Crippen molar-refractivity contribution in [3.05, 3.63) is 42.2 Å². The summed E-state index contributed by atoms with van der Waals surface area (Å²) in [4.78, 5) is 97.1. The number of hydrogen-bond donors (Lipinski definition) is 5. The molecule has 2 heterocycles. The number of rotatable bonds is 24. The van der Waals surface area contributed by atoms with Crippen molar-refractivity contribution in [1.82, 2.24) is 34.8 Å². The summed E-state index contributed by atoms with van der Waals surface area (Å²) in [7, 11) is 0. The van der Waals surface area contributed by atoms with Crippen molar-refractivity contribution in [2.45, 2.75) is 70.4 Å². The van der Waals surface area contributed by atoms with Crippen molar-refractivity contribution < 1.29 is 54.0 Å². The van der Waals surface area contributed by atoms with Gasteiger partial charge in [-0.05, 0) is 43.6 Å². The Labute approximate surface area is 338 Å². The summed E-state index contributed by atoms with van der Waals surface area (Å²) in [5.41, 5.74) is 0.804. The summed E-state index contributed by atoms with van der Waals surface area (Å²) in [5, 5.41) is 43.4. The van der Waals surface area contributed by atoms with Crippen molar-refractivity contribution in [2.75, 3.05) is 85.1 Å². The van der Waals surface area contributed by atoms with E-state index in [0.29, 0.717) is 32.4 Å². The summed E-state index contributed by atoms with van der Waals surface area (Å²) in [6, 6.07) is 8.68. The molecule has 0 saturated carbocycles. The topological polar surface area (TPSA) is 242 Å². The number of carboxylic acids is 4. The molecular weight excluding hydrogens is 754 g/mol. The van der Waals surface area contributed by atoms with Crippen molar-refractivity contribution >= 4 is 52.8 Å². The first-order valence-corrected chi connectivity index (χ1v) is 20.0. The molecule has 5 N–H and O–H groups in total. The molecule has 1 aliphatic heterocycles. The number of aromatic nitrogens is 1. The zero-order valence-electron chi connectivity index (χ0n) is 33.2. The smallest absolute Gasteiger partial charge is 0.320 e. The standard InChI is InChI=1S/C40H59N7O11/c48-26-8-2-1-7-17-47(27-33-32-10-4-3-9-31(32)14-16-41-33)36(50)11-5-6-15-42-35(49)13-12-34(40(57)58)46-24-22-44(29-38(53)54)20-18-43(28-37(51)52)19-21-45(23-25-46)30-39(55)56/h3-4,9-10,14,16,26,34H,1-2,5-8,11-13,15,17-25,27-30H2,(H,42,49)(H,51,52)(H,53,54)(H,55,56)(H,57,58). The van der Waals surface area contributed by atoms with Gasteiger partial charge in [-0.2, -0.15) is 0 Å². The highest BCUT2D eigenvalue weighted by Gasteiger charge is 2.28. The second kappa shape index (κ2) is 26.1. The van der Waals surface area contributed by atoms with Crippen LogP contribution in [0.25, 0.3) is 10.8 Å². The molecule has 1 unspecified atom stereocenters. The van der Waals surface area contributed by atoms with E-state index in [1.165, 1.54) is 0 Å². The molecule has 1 fully saturated rings. The van der Waals surface area contributed by atoms with E-state index >= 15 is 0 Å². The molecular formula is C40H59N7O11. The van der Waals surface area contributed by atoms with Crippen LogP contribution in [0.15, 0.2) is 36.5 Å². The molecule has 58 heavy (non-hydrogen) atoms. The number of aliphatic carboxylic acids is 4. The first-order chi connectivity index (χ1) is 27.9. The van der Waals surface area contributed by atoms with Crippen molar-refractivity contribution in [3.8, 4) is 0 Å². The van der Waals surface area contributed by atoms with E-state index in [1.54, 1.807) is 30.7 Å². The molecule has 320 valence electrons. The van der Waals surface area contributed by atoms with Crippen LogP contribution in [0.2, 0.25) is 0 Å². The maximum absolute atomic E-state index is 13.4. The zero-order valence-corrected chi connectivity index (χ0v) is 33.2. The van der Waals surface area contributed by atoms with Crippen molar-refractivity contribution in [1.29, 1.82) is 0 Å². The quantitative estimate of drug-likeness (QED) is 0.0742. The Hall–Kier alpha value is -5.04. The molecule has 0 bridgehead atoms. The maximum atomic E-state index is 13.4. The lowest BCUT2D eigenvalue weighted by atomic mass is 10.1. The fourth-order valence-corrected chi connectivity index (χ4v) is 7.01. The molecule has 18 heteroatoms. The third-order valence-corrected chi connectivity index (χ3v) is 10.2. The second-order valence-electron chi connectivity index (χ2n) is 14.6. The summed E-state index contributed by atoms with van der Waals surface area (Å²) in [6.45, 7) is 1.53. The lowest BCUT2D eigenvalue weighted by molar-refractivity contribution is -0.145. The highest BCUT2D eigenvalue weighted by molar-refractivity contribution is 5.85. The first kappa shape index (κ1) is 47.3. The Kier molecular flexibility index (Phi) is 21.3. The van der Waals surface area contributed by atoms with Gasteiger partial charge in [-0.15, -0.1) is 0 Å². The number of amides is 2. The van der Waals surface area contributed by atoms with Gasteiger partial charge in [0, 0.05) is 96.3 Å². The minimum atomic E-state index is -1.17. The highest BCUT2D eigenvalue weighted by Crippen LogP contribution is 2.19. The average Bonchev–Trinajstić information content (AvgIpc) is 3.17. The van der Waals surface area contributed by atoms with Crippen LogP contribution < -0.4 is 5.32 Å². The van der Waals surface area contributed by atoms with E-state index < -0.39 is 29.9 Å². The number of nitrogens with one attached hydrogen (secondary N) is 1. The van der Waals surface area contributed by atoms with Gasteiger partial charge in [-0.25, -0.2) is 0 Å². The van der Waals surface area contributed by atoms with Crippen LogP contribution in [0, 0.1) is 0 Å². The van der Waals surface area contributed by atoms with Crippen molar-refractivity contribution in [2.24, 2.45) is 0 Å². The number of nitrogens with zero attached hydrogens (tertiary/aromatic N) is 6. The van der Waals surface area contributed by atoms with Crippen LogP contribution in [-0.2, 0) is 40.1 Å². The van der Waals surface area contributed by atoms with E-state index in [9.17, 15) is 54.0 Å². The van der Waals surface area contributed by atoms with Gasteiger partial charge >= 0.3 is 23.9 Å². The second-order valence-corrected chi connectivity index (χ2v) is 14.6. The van der Waals surface area contributed by atoms with Crippen molar-refractivity contribution in [3.63, 3.8) is 0 Å². The molecule has 1 aromatic carbocycles. The van der Waals surface area contributed by atoms with Gasteiger partial charge in [0.25, 0.3) is 0 Å². The molecule has 1 saturated heterocycles. The predicted octanol–water partition coefficient (Wildman–Crippen LogP) is 1.32. The SMILES string of the molecule is O=CCCCCCN(Cc1nccc2ccccc12)C(=O)CCCCNC(=O)CCC(C(=O)O)N1CCN(CC(=O)O)CCN(CC(=O)O)CCN(CC(=O)O)CC1. The monoisotopic (exact) mass is 813 g/mol. The highest BCUT2D eigenvalue weighted by atomic mass is 16.4. The van der Waals surface area contributed by atoms with E-state index in [1.807, 2.05) is 30.3 Å². The number of hydrogen-bond acceptors (Lipinski definition) is 12. The molecule has 1 aliphatic rings. The molecule has 1 atom stereocenters. The number of carboxylic acid groups (broad SMARTS) is 4. The van der Waals surface area contributed by atoms with Gasteiger partial charge in [0.15, 0.2) is 0 Å². The summed E-state index contributed by atoms with van der Waals surface area (Å²) in [5.74, 6) is -4.82. The van der Waals surface area contributed by atoms with Gasteiger partial charge in [-0.1, -0.05) is 30.7 Å². The van der Waals surface area contributed by atoms with Gasteiger partial charge in [-0.3, -0.25) is 53.4 Å². The number of carbonyl (C=O) groups excluding carboxylic acids is 3. The molecule has 3 rings (SSSR count). The fourth-order valence-electron chi connectivity index (χ4n) is 7.01. The van der Waals surface area contributed by atoms with Gasteiger partial charge < -0.3 is 35.4 Å². The van der Waals surface area contributed by atoms with Crippen LogP contribution in [0.4, 0.5) is 0 Å². The number of fused-ring (bicyclic) bond motifs is 1. The van der Waals surface area contributed by atoms with Crippen LogP contribution in [0.5, 0.6) is 0 Å². The third-order valence-electron chi connectivity index (χ3n) is 10.2. The summed E-state index contributed by atoms with van der Waals surface area (Å²) < 4.78 is 0. The van der Waals surface area contributed by atoms with Gasteiger partial charge in [0.2, 0.25) is 11.8 Å². The number of carbonyl (C=O) groups is 7.